The first-order valence-corrected chi connectivity index (χ1v) is 16.5. The quantitative estimate of drug-likeness (QED) is 0.510. The standard InChI is InChI=1S/C32H46F3N7O2/c1-38-12-9-31(29(38)43)10-13-40(14-11-31)17-21-15-25(32(33,34)35)26-19-41(30(44)42(26)18-21)24-8-4-7-23(16-24)27(22-5-3-6-22)28-37-36-20-39(28)2/h15,18-19,22-24,27-28,36-37H,3-14,16-17,20H2,1-2H3/t23?,24?,27-,28?/m1/s1. The van der Waals surface area contributed by atoms with Crippen LogP contribution in [0, 0.1) is 23.2 Å². The molecule has 242 valence electrons. The second kappa shape index (κ2) is 11.4. The zero-order valence-corrected chi connectivity index (χ0v) is 25.9. The number of hydrazine groups is 1. The maximum absolute atomic E-state index is 14.5. The van der Waals surface area contributed by atoms with Gasteiger partial charge in [0.1, 0.15) is 0 Å². The topological polar surface area (TPSA) is 77.3 Å². The van der Waals surface area contributed by atoms with Crippen LogP contribution in [-0.4, -0.2) is 76.1 Å². The molecule has 5 heterocycles. The third-order valence-electron chi connectivity index (χ3n) is 11.8. The molecule has 1 amide bonds. The van der Waals surface area contributed by atoms with E-state index in [4.69, 9.17) is 0 Å². The summed E-state index contributed by atoms with van der Waals surface area (Å²) in [5, 5.41) is 0. The highest BCUT2D eigenvalue weighted by Gasteiger charge is 2.47. The predicted molar refractivity (Wildman–Crippen MR) is 160 cm³/mol. The largest absolute Gasteiger partial charge is 0.418 e. The van der Waals surface area contributed by atoms with Gasteiger partial charge in [0.15, 0.2) is 0 Å². The lowest BCUT2D eigenvalue weighted by Gasteiger charge is -2.46. The molecule has 2 aromatic heterocycles. The lowest BCUT2D eigenvalue weighted by Crippen LogP contribution is -2.50. The second-order valence-electron chi connectivity index (χ2n) is 14.4. The summed E-state index contributed by atoms with van der Waals surface area (Å²) in [6.07, 6.45) is 8.35. The zero-order chi connectivity index (χ0) is 30.8. The van der Waals surface area contributed by atoms with Crippen molar-refractivity contribution in [2.24, 2.45) is 23.2 Å². The molecule has 0 bridgehead atoms. The molecule has 2 aliphatic carbocycles. The maximum Gasteiger partial charge on any atom is 0.418 e. The van der Waals surface area contributed by atoms with E-state index in [1.165, 1.54) is 35.9 Å². The normalized spacial score (nSPS) is 29.6. The van der Waals surface area contributed by atoms with Crippen molar-refractivity contribution in [2.75, 3.05) is 40.4 Å². The number of piperidine rings is 1. The van der Waals surface area contributed by atoms with Crippen LogP contribution < -0.4 is 16.5 Å². The Labute approximate surface area is 256 Å². The number of carbonyl (C=O) groups excluding carboxylic acids is 1. The van der Waals surface area contributed by atoms with Crippen molar-refractivity contribution in [3.05, 3.63) is 40.1 Å². The lowest BCUT2D eigenvalue weighted by atomic mass is 9.65. The van der Waals surface area contributed by atoms with Gasteiger partial charge in [-0.05, 0) is 88.0 Å². The Morgan fingerprint density at radius 2 is 1.68 bits per heavy atom. The number of carbonyl (C=O) groups is 1. The van der Waals surface area contributed by atoms with Gasteiger partial charge in [0.05, 0.1) is 29.3 Å². The van der Waals surface area contributed by atoms with Crippen LogP contribution in [0.25, 0.3) is 5.52 Å². The van der Waals surface area contributed by atoms with Crippen molar-refractivity contribution in [3.63, 3.8) is 0 Å². The molecule has 3 saturated heterocycles. The van der Waals surface area contributed by atoms with Crippen LogP contribution in [0.1, 0.15) is 81.4 Å². The maximum atomic E-state index is 14.5. The molecule has 2 aromatic rings. The number of pyridine rings is 1. The molecule has 0 aromatic carbocycles. The zero-order valence-electron chi connectivity index (χ0n) is 25.9. The van der Waals surface area contributed by atoms with Crippen LogP contribution >= 0.6 is 0 Å². The monoisotopic (exact) mass is 617 g/mol. The number of alkyl halides is 3. The number of nitrogens with zero attached hydrogens (tertiary/aromatic N) is 5. The predicted octanol–water partition coefficient (Wildman–Crippen LogP) is 4.03. The Morgan fingerprint density at radius 3 is 2.30 bits per heavy atom. The van der Waals surface area contributed by atoms with Gasteiger partial charge in [-0.1, -0.05) is 25.7 Å². The average Bonchev–Trinajstić information content (AvgIpc) is 3.63. The van der Waals surface area contributed by atoms with E-state index < -0.39 is 11.7 Å². The van der Waals surface area contributed by atoms with E-state index in [1.54, 1.807) is 15.7 Å². The highest BCUT2D eigenvalue weighted by molar-refractivity contribution is 5.84. The molecule has 44 heavy (non-hydrogen) atoms. The van der Waals surface area contributed by atoms with Crippen molar-refractivity contribution in [2.45, 2.75) is 89.1 Å². The number of nitrogens with one attached hydrogen (secondary N) is 2. The minimum atomic E-state index is -4.58. The van der Waals surface area contributed by atoms with E-state index in [0.29, 0.717) is 55.8 Å². The first-order valence-electron chi connectivity index (χ1n) is 16.5. The molecule has 0 radical (unpaired) electrons. The molecule has 2 N–H and O–H groups in total. The first-order chi connectivity index (χ1) is 21.0. The van der Waals surface area contributed by atoms with E-state index >= 15 is 0 Å². The summed E-state index contributed by atoms with van der Waals surface area (Å²) in [6.45, 7) is 3.17. The number of likely N-dealkylation sites (tertiary alicyclic amines) is 2. The number of amides is 1. The molecule has 2 saturated carbocycles. The van der Waals surface area contributed by atoms with Crippen LogP contribution in [0.15, 0.2) is 23.3 Å². The summed E-state index contributed by atoms with van der Waals surface area (Å²) in [5.41, 5.74) is 5.70. The summed E-state index contributed by atoms with van der Waals surface area (Å²) >= 11 is 0. The summed E-state index contributed by atoms with van der Waals surface area (Å²) < 4.78 is 46.2. The van der Waals surface area contributed by atoms with Gasteiger partial charge in [-0.15, -0.1) is 0 Å². The van der Waals surface area contributed by atoms with Crippen LogP contribution in [0.2, 0.25) is 0 Å². The molecule has 5 fully saturated rings. The number of imidazole rings is 1. The smallest absolute Gasteiger partial charge is 0.345 e. The van der Waals surface area contributed by atoms with Crippen molar-refractivity contribution < 1.29 is 18.0 Å². The van der Waals surface area contributed by atoms with Crippen molar-refractivity contribution in [1.82, 2.24) is 34.5 Å². The number of rotatable bonds is 6. The molecule has 3 aliphatic heterocycles. The van der Waals surface area contributed by atoms with Crippen LogP contribution in [-0.2, 0) is 17.5 Å². The molecule has 3 unspecified atom stereocenters. The molecular weight excluding hydrogens is 571 g/mol. The van der Waals surface area contributed by atoms with Gasteiger partial charge >= 0.3 is 11.9 Å². The third kappa shape index (κ3) is 5.29. The average molecular weight is 618 g/mol. The van der Waals surface area contributed by atoms with E-state index in [2.05, 4.69) is 27.7 Å². The number of fused-ring (bicyclic) bond motifs is 1. The molecule has 9 nitrogen and oxygen atoms in total. The van der Waals surface area contributed by atoms with Crippen LogP contribution in [0.3, 0.4) is 0 Å². The summed E-state index contributed by atoms with van der Waals surface area (Å²) in [4.78, 5) is 32.8. The highest BCUT2D eigenvalue weighted by Crippen LogP contribution is 2.47. The van der Waals surface area contributed by atoms with Gasteiger partial charge in [-0.2, -0.15) is 13.2 Å². The number of hydrogen-bond acceptors (Lipinski definition) is 6. The summed E-state index contributed by atoms with van der Waals surface area (Å²) in [7, 11) is 3.96. The van der Waals surface area contributed by atoms with E-state index in [1.807, 2.05) is 7.05 Å². The van der Waals surface area contributed by atoms with Gasteiger partial charge in [0.2, 0.25) is 5.91 Å². The second-order valence-corrected chi connectivity index (χ2v) is 14.4. The highest BCUT2D eigenvalue weighted by atomic mass is 19.4. The van der Waals surface area contributed by atoms with Crippen LogP contribution in [0.4, 0.5) is 13.2 Å². The summed E-state index contributed by atoms with van der Waals surface area (Å²) in [5.74, 6) is 1.68. The van der Waals surface area contributed by atoms with Gasteiger partial charge in [-0.3, -0.25) is 23.6 Å². The van der Waals surface area contributed by atoms with Gasteiger partial charge in [0.25, 0.3) is 0 Å². The molecule has 12 heteroatoms. The molecule has 5 aliphatic rings. The Morgan fingerprint density at radius 1 is 0.977 bits per heavy atom. The fraction of sp³-hybridized carbons (Fsp3) is 0.750. The van der Waals surface area contributed by atoms with E-state index in [9.17, 15) is 22.8 Å². The number of halogens is 3. The van der Waals surface area contributed by atoms with Crippen molar-refractivity contribution in [3.8, 4) is 0 Å². The fourth-order valence-electron chi connectivity index (χ4n) is 9.10. The first kappa shape index (κ1) is 30.3. The van der Waals surface area contributed by atoms with E-state index in [0.717, 1.165) is 45.3 Å². The fourth-order valence-corrected chi connectivity index (χ4v) is 9.10. The Hall–Kier alpha value is -2.41. The molecule has 4 atom stereocenters. The minimum absolute atomic E-state index is 0.0671. The Kier molecular flexibility index (Phi) is 7.86. The Bertz CT molecular complexity index is 1440. The number of hydrogen-bond donors (Lipinski definition) is 2. The Balaban J connectivity index is 1.14. The van der Waals surface area contributed by atoms with Gasteiger partial charge in [0, 0.05) is 38.6 Å². The van der Waals surface area contributed by atoms with E-state index in [-0.39, 0.29) is 34.7 Å². The van der Waals surface area contributed by atoms with Crippen molar-refractivity contribution in [1.29, 1.82) is 0 Å². The van der Waals surface area contributed by atoms with Crippen molar-refractivity contribution >= 4 is 11.4 Å². The molecular formula is C32H46F3N7O2. The lowest BCUT2D eigenvalue weighted by molar-refractivity contribution is -0.138. The van der Waals surface area contributed by atoms with Crippen LogP contribution in [0.5, 0.6) is 0 Å². The van der Waals surface area contributed by atoms with Gasteiger partial charge < -0.3 is 4.90 Å². The molecule has 1 spiro atoms. The number of aromatic nitrogens is 2. The molecule has 7 rings (SSSR count). The summed E-state index contributed by atoms with van der Waals surface area (Å²) in [6, 6.07) is 1.11. The minimum Gasteiger partial charge on any atom is -0.345 e. The third-order valence-corrected chi connectivity index (χ3v) is 11.8. The van der Waals surface area contributed by atoms with Gasteiger partial charge in [-0.25, -0.2) is 15.6 Å². The SMILES string of the molecule is CN1CCC2(CCN(Cc3cc(C(F)(F)F)c4cn(C5CCCC([C@@H](C6CCC6)C6NNCN6C)C5)c(=O)n4c3)CC2)C1=O.